The first-order chi connectivity index (χ1) is 14.5. The number of aryl methyl sites for hydroxylation is 1. The summed E-state index contributed by atoms with van der Waals surface area (Å²) in [6.45, 7) is 2.73. The number of rotatable bonds is 2. The van der Waals surface area contributed by atoms with Gasteiger partial charge in [-0.05, 0) is 23.9 Å². The number of carbonyl (C=O) groups excluding carboxylic acids is 1. The van der Waals surface area contributed by atoms with Crippen molar-refractivity contribution in [2.75, 3.05) is 18.8 Å². The lowest BCUT2D eigenvalue weighted by molar-refractivity contribution is 0.00564. The fourth-order valence-electron chi connectivity index (χ4n) is 3.21. The number of hydrogen-bond acceptors (Lipinski definition) is 7. The van der Waals surface area contributed by atoms with Crippen LogP contribution in [0.3, 0.4) is 0 Å². The zero-order chi connectivity index (χ0) is 21.3. The number of nitrogen functional groups attached to an aromatic ring is 1. The average Bonchev–Trinajstić information content (AvgIpc) is 3.21. The molecule has 5 rings (SSSR count). The molecule has 4 heterocycles. The Bertz CT molecular complexity index is 1220. The average molecular weight is 426 g/mol. The zero-order valence-electron chi connectivity index (χ0n) is 16.2. The van der Waals surface area contributed by atoms with E-state index in [2.05, 4.69) is 24.9 Å². The Morgan fingerprint density at radius 3 is 2.83 bits per heavy atom. The number of fused-ring (bicyclic) bond motifs is 2. The van der Waals surface area contributed by atoms with E-state index in [0.717, 1.165) is 17.5 Å². The molecule has 30 heavy (non-hydrogen) atoms. The molecule has 0 radical (unpaired) electrons. The van der Waals surface area contributed by atoms with E-state index in [-0.39, 0.29) is 5.91 Å². The smallest absolute Gasteiger partial charge is 0.273 e. The molecule has 1 saturated heterocycles. The van der Waals surface area contributed by atoms with Gasteiger partial charge in [0.05, 0.1) is 17.5 Å². The molecule has 9 nitrogen and oxygen atoms in total. The van der Waals surface area contributed by atoms with Gasteiger partial charge < -0.3 is 20.7 Å². The number of β-amino-alcohol motifs (C(OH)–C–C–N with tert-alkyl or cyclic N) is 1. The number of benzene rings is 1. The van der Waals surface area contributed by atoms with Gasteiger partial charge in [-0.15, -0.1) is 0 Å². The maximum absolute atomic E-state index is 12.5. The number of aromatic nitrogens is 5. The summed E-state index contributed by atoms with van der Waals surface area (Å²) in [7, 11) is 0. The summed E-state index contributed by atoms with van der Waals surface area (Å²) in [6, 6.07) is 7.53. The molecule has 0 aliphatic carbocycles. The lowest BCUT2D eigenvalue weighted by Gasteiger charge is -2.35. The molecule has 0 atom stereocenters. The van der Waals surface area contributed by atoms with Crippen LogP contribution in [-0.2, 0) is 6.42 Å². The molecular weight excluding hydrogens is 406 g/mol. The fraction of sp³-hybridized carbons (Fsp3) is 0.250. The van der Waals surface area contributed by atoms with Crippen LogP contribution in [0, 0.1) is 0 Å². The van der Waals surface area contributed by atoms with Crippen LogP contribution < -0.4 is 5.73 Å². The molecule has 4 aromatic rings. The van der Waals surface area contributed by atoms with Gasteiger partial charge in [-0.25, -0.2) is 19.9 Å². The Hall–Kier alpha value is -3.30. The van der Waals surface area contributed by atoms with Crippen LogP contribution >= 0.6 is 11.6 Å². The predicted octanol–water partition coefficient (Wildman–Crippen LogP) is 2.20. The van der Waals surface area contributed by atoms with Gasteiger partial charge >= 0.3 is 0 Å². The maximum Gasteiger partial charge on any atom is 0.273 e. The predicted molar refractivity (Wildman–Crippen MR) is 114 cm³/mol. The molecule has 1 amide bonds. The van der Waals surface area contributed by atoms with Crippen molar-refractivity contribution in [2.24, 2.45) is 0 Å². The van der Waals surface area contributed by atoms with Gasteiger partial charge in [-0.1, -0.05) is 30.7 Å². The number of pyridine rings is 1. The summed E-state index contributed by atoms with van der Waals surface area (Å²) in [5.74, 6) is 0.270. The molecule has 3 aromatic heterocycles. The minimum atomic E-state index is -0.421. The van der Waals surface area contributed by atoms with E-state index in [1.165, 1.54) is 12.7 Å². The molecule has 0 bridgehead atoms. The molecule has 4 N–H and O–H groups in total. The molecule has 0 spiro atoms. The summed E-state index contributed by atoms with van der Waals surface area (Å²) < 4.78 is 0. The minimum absolute atomic E-state index is 0.163. The van der Waals surface area contributed by atoms with Gasteiger partial charge in [0.25, 0.3) is 5.91 Å². The van der Waals surface area contributed by atoms with Gasteiger partial charge in [0.15, 0.2) is 11.5 Å². The quantitative estimate of drug-likeness (QED) is 0.448. The second-order valence-corrected chi connectivity index (χ2v) is 7.28. The van der Waals surface area contributed by atoms with E-state index in [9.17, 15) is 9.90 Å². The Kier molecular flexibility index (Phi) is 5.47. The highest BCUT2D eigenvalue weighted by Crippen LogP contribution is 2.28. The molecule has 1 aliphatic rings. The van der Waals surface area contributed by atoms with Gasteiger partial charge in [0.1, 0.15) is 17.5 Å². The Morgan fingerprint density at radius 2 is 2.13 bits per heavy atom. The molecule has 0 saturated carbocycles. The van der Waals surface area contributed by atoms with Crippen molar-refractivity contribution < 1.29 is 9.90 Å². The molecule has 0 unspecified atom stereocenters. The number of carbonyl (C=O) groups is 1. The lowest BCUT2D eigenvalue weighted by Crippen LogP contribution is -2.53. The van der Waals surface area contributed by atoms with Crippen molar-refractivity contribution >= 4 is 45.3 Å². The third-order valence-corrected chi connectivity index (χ3v) is 5.14. The van der Waals surface area contributed by atoms with Crippen molar-refractivity contribution in [3.8, 4) is 0 Å². The highest BCUT2D eigenvalue weighted by molar-refractivity contribution is 6.36. The van der Waals surface area contributed by atoms with Crippen LogP contribution in [0.5, 0.6) is 0 Å². The lowest BCUT2D eigenvalue weighted by atomic mass is 10.0. The molecule has 154 valence electrons. The third kappa shape index (κ3) is 3.77. The van der Waals surface area contributed by atoms with Crippen LogP contribution in [0.2, 0.25) is 5.02 Å². The molecule has 1 fully saturated rings. The number of halogens is 1. The van der Waals surface area contributed by atoms with Crippen molar-refractivity contribution in [1.82, 2.24) is 29.8 Å². The monoisotopic (exact) mass is 425 g/mol. The van der Waals surface area contributed by atoms with Crippen LogP contribution in [-0.4, -0.2) is 60.0 Å². The highest BCUT2D eigenvalue weighted by atomic mass is 35.5. The molecule has 1 aromatic carbocycles. The number of hydrogen-bond donors (Lipinski definition) is 3. The van der Waals surface area contributed by atoms with Crippen LogP contribution in [0.4, 0.5) is 5.82 Å². The number of aromatic amines is 1. The Balaban J connectivity index is 0.000000181. The second kappa shape index (κ2) is 8.21. The number of H-pyrrole nitrogens is 1. The van der Waals surface area contributed by atoms with Crippen molar-refractivity contribution in [3.63, 3.8) is 0 Å². The van der Waals surface area contributed by atoms with Crippen molar-refractivity contribution in [3.05, 3.63) is 53.3 Å². The van der Waals surface area contributed by atoms with Gasteiger partial charge in [-0.3, -0.25) is 4.79 Å². The van der Waals surface area contributed by atoms with E-state index in [1.807, 2.05) is 25.1 Å². The SMILES string of the molecule is CCc1cc2cccc(Cl)c2c(C(=O)N2CC(O)C2)n1.Nc1ncnc2nc[nH]c12. The number of aliphatic hydroxyl groups is 1. The van der Waals surface area contributed by atoms with Crippen LogP contribution in [0.15, 0.2) is 36.9 Å². The van der Waals surface area contributed by atoms with E-state index >= 15 is 0 Å². The van der Waals surface area contributed by atoms with E-state index in [0.29, 0.717) is 46.2 Å². The largest absolute Gasteiger partial charge is 0.389 e. The first kappa shape index (κ1) is 20.0. The van der Waals surface area contributed by atoms with Crippen molar-refractivity contribution in [1.29, 1.82) is 0 Å². The number of nitrogens with two attached hydrogens (primary N) is 1. The number of likely N-dealkylation sites (tertiary alicyclic amines) is 1. The van der Waals surface area contributed by atoms with Crippen LogP contribution in [0.25, 0.3) is 21.9 Å². The summed E-state index contributed by atoms with van der Waals surface area (Å²) in [4.78, 5) is 32.9. The number of imidazole rings is 1. The van der Waals surface area contributed by atoms with Crippen molar-refractivity contribution in [2.45, 2.75) is 19.4 Å². The van der Waals surface area contributed by atoms with Gasteiger partial charge in [0, 0.05) is 24.2 Å². The number of aliphatic hydroxyl groups excluding tert-OH is 1. The number of anilines is 1. The summed E-state index contributed by atoms with van der Waals surface area (Å²) >= 11 is 6.24. The highest BCUT2D eigenvalue weighted by Gasteiger charge is 2.31. The second-order valence-electron chi connectivity index (χ2n) is 6.88. The fourth-order valence-corrected chi connectivity index (χ4v) is 3.48. The number of nitrogens with zero attached hydrogens (tertiary/aromatic N) is 5. The Morgan fingerprint density at radius 1 is 1.33 bits per heavy atom. The van der Waals surface area contributed by atoms with E-state index < -0.39 is 6.10 Å². The normalized spacial score (nSPS) is 13.8. The number of amides is 1. The first-order valence-electron chi connectivity index (χ1n) is 9.43. The molecule has 10 heteroatoms. The van der Waals surface area contributed by atoms with Gasteiger partial charge in [0.2, 0.25) is 0 Å². The van der Waals surface area contributed by atoms with E-state index in [4.69, 9.17) is 17.3 Å². The minimum Gasteiger partial charge on any atom is -0.389 e. The standard InChI is InChI=1S/C15H15ClN2O2.C5H5N5/c1-2-10-6-9-4-3-5-12(16)13(9)14(17-10)15(20)18-7-11(19)8-18;6-4-3-5(9-1-7-3)10-2-8-4/h3-6,11,19H,2,7-8H2,1H3;1-2H,(H3,6,7,8,9,10). The topological polar surface area (TPSA) is 134 Å². The summed E-state index contributed by atoms with van der Waals surface area (Å²) in [5.41, 5.74) is 8.03. The van der Waals surface area contributed by atoms with E-state index in [1.54, 1.807) is 11.0 Å². The van der Waals surface area contributed by atoms with Crippen LogP contribution in [0.1, 0.15) is 23.1 Å². The molecule has 1 aliphatic heterocycles. The van der Waals surface area contributed by atoms with Gasteiger partial charge in [-0.2, -0.15) is 0 Å². The third-order valence-electron chi connectivity index (χ3n) is 4.83. The molecular formula is C20H20ClN7O2. The maximum atomic E-state index is 12.5. The summed E-state index contributed by atoms with van der Waals surface area (Å²) in [5, 5.41) is 11.5. The first-order valence-corrected chi connectivity index (χ1v) is 9.80. The number of nitrogens with one attached hydrogen (secondary N) is 1. The summed E-state index contributed by atoms with van der Waals surface area (Å²) in [6.07, 6.45) is 3.26. The zero-order valence-corrected chi connectivity index (χ0v) is 17.0. The Labute approximate surface area is 176 Å².